The lowest BCUT2D eigenvalue weighted by Gasteiger charge is -2.43. The van der Waals surface area contributed by atoms with Crippen LogP contribution in [-0.2, 0) is 19.7 Å². The first-order valence-electron chi connectivity index (χ1n) is 10.7. The first-order chi connectivity index (χ1) is 15.1. The van der Waals surface area contributed by atoms with E-state index in [0.717, 1.165) is 60.2 Å². The molecule has 1 fully saturated rings. The second-order valence-electron chi connectivity index (χ2n) is 8.53. The molecule has 4 heterocycles. The maximum atomic E-state index is 12.6. The summed E-state index contributed by atoms with van der Waals surface area (Å²) in [6.45, 7) is 3.23. The van der Waals surface area contributed by atoms with E-state index in [1.807, 2.05) is 47.0 Å². The lowest BCUT2D eigenvalue weighted by Crippen LogP contribution is -2.47. The molecule has 3 aromatic rings. The second kappa shape index (κ2) is 8.50. The van der Waals surface area contributed by atoms with Gasteiger partial charge >= 0.3 is 0 Å². The summed E-state index contributed by atoms with van der Waals surface area (Å²) in [4.78, 5) is 15.0. The topological polar surface area (TPSA) is 58.6 Å². The zero-order chi connectivity index (χ0) is 21.4. The van der Waals surface area contributed by atoms with Gasteiger partial charge in [-0.25, -0.2) is 0 Å². The summed E-state index contributed by atoms with van der Waals surface area (Å²) in [5.74, 6) is 2.22. The SMILES string of the molecule is O=c1ccc(C=Cc2ccc(Cl)cc2)c2n1C[C@H]1C[C@H]2CN(Cc2ccc(CO)o2)C1. The number of benzene rings is 1. The standard InChI is InChI=1S/C25H25ClN2O3/c26-21-6-2-17(3-7-21)1-4-19-5-10-24(30)28-13-18-11-20(25(19)28)14-27(12-18)15-22-8-9-23(16-29)31-22/h1-10,18,20,29H,11-16H2/t18-,20-/m0/s1. The molecular weight excluding hydrogens is 412 g/mol. The second-order valence-corrected chi connectivity index (χ2v) is 8.96. The average Bonchev–Trinajstić information content (AvgIpc) is 3.22. The Morgan fingerprint density at radius 2 is 1.81 bits per heavy atom. The third kappa shape index (κ3) is 4.26. The minimum absolute atomic E-state index is 0.0785. The van der Waals surface area contributed by atoms with Crippen molar-refractivity contribution in [2.24, 2.45) is 5.92 Å². The van der Waals surface area contributed by atoms with Crippen molar-refractivity contribution in [2.45, 2.75) is 32.0 Å². The molecule has 5 rings (SSSR count). The van der Waals surface area contributed by atoms with Crippen LogP contribution in [0.2, 0.25) is 5.02 Å². The Balaban J connectivity index is 1.42. The van der Waals surface area contributed by atoms with Crippen LogP contribution in [0.4, 0.5) is 0 Å². The van der Waals surface area contributed by atoms with Gasteiger partial charge in [0.2, 0.25) is 0 Å². The highest BCUT2D eigenvalue weighted by molar-refractivity contribution is 6.30. The maximum Gasteiger partial charge on any atom is 0.250 e. The first-order valence-corrected chi connectivity index (χ1v) is 11.0. The third-order valence-corrected chi connectivity index (χ3v) is 6.53. The summed E-state index contributed by atoms with van der Waals surface area (Å²) < 4.78 is 7.68. The van der Waals surface area contributed by atoms with Gasteiger partial charge in [-0.1, -0.05) is 35.9 Å². The van der Waals surface area contributed by atoms with Crippen LogP contribution < -0.4 is 5.56 Å². The lowest BCUT2D eigenvalue weighted by atomic mass is 9.81. The van der Waals surface area contributed by atoms with Gasteiger partial charge in [-0.3, -0.25) is 9.69 Å². The Bertz CT molecular complexity index is 1160. The van der Waals surface area contributed by atoms with E-state index in [4.69, 9.17) is 16.0 Å². The van der Waals surface area contributed by atoms with Crippen LogP contribution in [0.3, 0.4) is 0 Å². The molecule has 0 saturated carbocycles. The number of rotatable bonds is 5. The zero-order valence-electron chi connectivity index (χ0n) is 17.2. The molecule has 0 spiro atoms. The van der Waals surface area contributed by atoms with Gasteiger partial charge in [0.05, 0.1) is 6.54 Å². The number of hydrogen-bond donors (Lipinski definition) is 1. The van der Waals surface area contributed by atoms with Crippen LogP contribution in [0, 0.1) is 5.92 Å². The largest absolute Gasteiger partial charge is 0.462 e. The van der Waals surface area contributed by atoms with Gasteiger partial charge < -0.3 is 14.1 Å². The summed E-state index contributed by atoms with van der Waals surface area (Å²) in [7, 11) is 0. The van der Waals surface area contributed by atoms with Gasteiger partial charge in [0.25, 0.3) is 5.56 Å². The number of aromatic nitrogens is 1. The number of fused-ring (bicyclic) bond motifs is 4. The Morgan fingerprint density at radius 3 is 2.58 bits per heavy atom. The molecule has 6 heteroatoms. The van der Waals surface area contributed by atoms with E-state index in [2.05, 4.69) is 17.1 Å². The van der Waals surface area contributed by atoms with Crippen molar-refractivity contribution < 1.29 is 9.52 Å². The van der Waals surface area contributed by atoms with E-state index in [-0.39, 0.29) is 12.2 Å². The van der Waals surface area contributed by atoms with E-state index < -0.39 is 0 Å². The Kier molecular flexibility index (Phi) is 5.57. The first kappa shape index (κ1) is 20.3. The smallest absolute Gasteiger partial charge is 0.250 e. The quantitative estimate of drug-likeness (QED) is 0.645. The molecule has 2 atom stereocenters. The van der Waals surface area contributed by atoms with Crippen LogP contribution in [0.1, 0.15) is 40.7 Å². The molecule has 1 aromatic carbocycles. The van der Waals surface area contributed by atoms with Crippen LogP contribution in [-0.4, -0.2) is 27.7 Å². The number of aliphatic hydroxyl groups is 1. The van der Waals surface area contributed by atoms with Crippen LogP contribution in [0.25, 0.3) is 12.2 Å². The lowest BCUT2D eigenvalue weighted by molar-refractivity contribution is 0.106. The van der Waals surface area contributed by atoms with Crippen molar-refractivity contribution in [3.8, 4) is 0 Å². The number of halogens is 1. The Hall–Kier alpha value is -2.60. The highest BCUT2D eigenvalue weighted by atomic mass is 35.5. The Morgan fingerprint density at radius 1 is 1.00 bits per heavy atom. The fourth-order valence-corrected chi connectivity index (χ4v) is 5.12. The summed E-state index contributed by atoms with van der Waals surface area (Å²) in [5, 5.41) is 9.97. The highest BCUT2D eigenvalue weighted by Crippen LogP contribution is 2.37. The molecule has 0 unspecified atom stereocenters. The van der Waals surface area contributed by atoms with Crippen molar-refractivity contribution in [1.29, 1.82) is 0 Å². The molecule has 1 N–H and O–H groups in total. The number of hydrogen-bond acceptors (Lipinski definition) is 4. The third-order valence-electron chi connectivity index (χ3n) is 6.28. The molecule has 2 aromatic heterocycles. The van der Waals surface area contributed by atoms with Crippen molar-refractivity contribution in [3.63, 3.8) is 0 Å². The predicted octanol–water partition coefficient (Wildman–Crippen LogP) is 4.38. The molecule has 0 radical (unpaired) electrons. The van der Waals surface area contributed by atoms with Crippen LogP contribution >= 0.6 is 11.6 Å². The molecule has 5 nitrogen and oxygen atoms in total. The number of piperidine rings is 1. The van der Waals surface area contributed by atoms with E-state index in [0.29, 0.717) is 17.6 Å². The summed E-state index contributed by atoms with van der Waals surface area (Å²) >= 11 is 5.99. The van der Waals surface area contributed by atoms with Gasteiger partial charge in [-0.05, 0) is 53.8 Å². The summed E-state index contributed by atoms with van der Waals surface area (Å²) in [6, 6.07) is 15.1. The molecule has 0 amide bonds. The fraction of sp³-hybridized carbons (Fsp3) is 0.320. The average molecular weight is 437 g/mol. The molecule has 31 heavy (non-hydrogen) atoms. The molecule has 2 aliphatic rings. The summed E-state index contributed by atoms with van der Waals surface area (Å²) in [6.07, 6.45) is 5.28. The number of pyridine rings is 1. The van der Waals surface area contributed by atoms with Crippen molar-refractivity contribution in [1.82, 2.24) is 9.47 Å². The minimum Gasteiger partial charge on any atom is -0.462 e. The van der Waals surface area contributed by atoms with Gasteiger partial charge in [0, 0.05) is 42.3 Å². The minimum atomic E-state index is -0.0785. The molecule has 160 valence electrons. The molecular formula is C25H25ClN2O3. The van der Waals surface area contributed by atoms with E-state index in [9.17, 15) is 9.90 Å². The van der Waals surface area contributed by atoms with Crippen molar-refractivity contribution >= 4 is 23.8 Å². The highest BCUT2D eigenvalue weighted by Gasteiger charge is 2.35. The number of likely N-dealkylation sites (tertiary alicyclic amines) is 1. The molecule has 2 bridgehead atoms. The summed E-state index contributed by atoms with van der Waals surface area (Å²) in [5.41, 5.74) is 3.39. The number of nitrogens with zero attached hydrogens (tertiary/aromatic N) is 2. The normalized spacial score (nSPS) is 20.8. The van der Waals surface area contributed by atoms with Gasteiger partial charge in [-0.15, -0.1) is 0 Å². The van der Waals surface area contributed by atoms with E-state index in [1.165, 1.54) is 0 Å². The Labute approximate surface area is 186 Å². The molecule has 2 aliphatic heterocycles. The number of aliphatic hydroxyl groups excluding tert-OH is 1. The van der Waals surface area contributed by atoms with Gasteiger partial charge in [0.1, 0.15) is 18.1 Å². The number of furan rings is 1. The fourth-order valence-electron chi connectivity index (χ4n) is 4.99. The van der Waals surface area contributed by atoms with Crippen LogP contribution in [0.15, 0.2) is 57.7 Å². The van der Waals surface area contributed by atoms with Crippen molar-refractivity contribution in [2.75, 3.05) is 13.1 Å². The molecule has 0 aliphatic carbocycles. The van der Waals surface area contributed by atoms with E-state index in [1.54, 1.807) is 6.07 Å². The van der Waals surface area contributed by atoms with Gasteiger partial charge in [0.15, 0.2) is 0 Å². The zero-order valence-corrected chi connectivity index (χ0v) is 18.0. The maximum absolute atomic E-state index is 12.6. The predicted molar refractivity (Wildman–Crippen MR) is 122 cm³/mol. The van der Waals surface area contributed by atoms with Crippen molar-refractivity contribution in [3.05, 3.63) is 92.2 Å². The van der Waals surface area contributed by atoms with E-state index >= 15 is 0 Å². The monoisotopic (exact) mass is 436 g/mol. The van der Waals surface area contributed by atoms with Gasteiger partial charge in [-0.2, -0.15) is 0 Å². The van der Waals surface area contributed by atoms with Crippen LogP contribution in [0.5, 0.6) is 0 Å². The molecule has 1 saturated heterocycles.